The van der Waals surface area contributed by atoms with Crippen LogP contribution in [-0.2, 0) is 0 Å². The molecular formula is C5H7ClN2. The third kappa shape index (κ3) is 1.89. The van der Waals surface area contributed by atoms with E-state index in [1.807, 2.05) is 0 Å². The Morgan fingerprint density at radius 1 is 1.38 bits per heavy atom. The Labute approximate surface area is 53.5 Å². The Balaban J connectivity index is 0.000000490. The van der Waals surface area contributed by atoms with Crippen molar-refractivity contribution in [2.45, 2.75) is 7.43 Å². The summed E-state index contributed by atoms with van der Waals surface area (Å²) >= 11 is 5.37. The second kappa shape index (κ2) is 3.38. The van der Waals surface area contributed by atoms with Gasteiger partial charge in [0.2, 0.25) is 0 Å². The van der Waals surface area contributed by atoms with Crippen molar-refractivity contribution in [3.63, 3.8) is 0 Å². The number of aromatic nitrogens is 2. The van der Waals surface area contributed by atoms with Gasteiger partial charge in [-0.2, -0.15) is 0 Å². The lowest BCUT2D eigenvalue weighted by Crippen LogP contribution is -1.71. The number of halogens is 1. The predicted octanol–water partition coefficient (Wildman–Crippen LogP) is 1.77. The molecule has 2 nitrogen and oxygen atoms in total. The minimum Gasteiger partial charge on any atom is -0.260 e. The molecule has 0 atom stereocenters. The Kier molecular flexibility index (Phi) is 3.12. The first-order valence-electron chi connectivity index (χ1n) is 1.81. The second-order valence-electron chi connectivity index (χ2n) is 1.03. The molecule has 0 saturated heterocycles. The molecule has 44 valence electrons. The van der Waals surface area contributed by atoms with Gasteiger partial charge in [0.05, 0.1) is 6.20 Å². The highest BCUT2D eigenvalue weighted by Gasteiger charge is 1.77. The maximum absolute atomic E-state index is 5.37. The normalized spacial score (nSPS) is 7.62. The molecule has 0 aromatic carbocycles. The molecule has 1 rings (SSSR count). The summed E-state index contributed by atoms with van der Waals surface area (Å²) in [5, 5.41) is 0.433. The fourth-order valence-corrected chi connectivity index (χ4v) is 0.394. The first-order chi connectivity index (χ1) is 3.39. The summed E-state index contributed by atoms with van der Waals surface area (Å²) in [6.07, 6.45) is 4.61. The zero-order valence-corrected chi connectivity index (χ0v) is 4.26. The minimum absolute atomic E-state index is 0. The van der Waals surface area contributed by atoms with Crippen molar-refractivity contribution in [2.75, 3.05) is 0 Å². The largest absolute Gasteiger partial charge is 0.260 e. The molecule has 0 aliphatic heterocycles. The zero-order valence-electron chi connectivity index (χ0n) is 3.50. The van der Waals surface area contributed by atoms with Crippen LogP contribution in [0.25, 0.3) is 0 Å². The molecule has 3 heteroatoms. The summed E-state index contributed by atoms with van der Waals surface area (Å²) in [6, 6.07) is 0. The van der Waals surface area contributed by atoms with Gasteiger partial charge >= 0.3 is 0 Å². The smallest absolute Gasteiger partial charge is 0.147 e. The van der Waals surface area contributed by atoms with Crippen LogP contribution in [0.5, 0.6) is 0 Å². The number of hydrogen-bond donors (Lipinski definition) is 0. The predicted molar refractivity (Wildman–Crippen MR) is 33.8 cm³/mol. The highest BCUT2D eigenvalue weighted by Crippen LogP contribution is 1.95. The van der Waals surface area contributed by atoms with Crippen LogP contribution in [0, 0.1) is 0 Å². The molecular weight excluding hydrogens is 124 g/mol. The van der Waals surface area contributed by atoms with Gasteiger partial charge in [-0.3, -0.25) is 4.98 Å². The molecule has 8 heavy (non-hydrogen) atoms. The Bertz CT molecular complexity index is 140. The van der Waals surface area contributed by atoms with Gasteiger partial charge in [0.1, 0.15) is 5.15 Å². The lowest BCUT2D eigenvalue weighted by atomic mass is 10.8. The van der Waals surface area contributed by atoms with E-state index in [1.165, 1.54) is 6.20 Å². The summed E-state index contributed by atoms with van der Waals surface area (Å²) in [6.45, 7) is 0. The molecule has 0 amide bonds. The van der Waals surface area contributed by atoms with Crippen LogP contribution in [0.4, 0.5) is 0 Å². The van der Waals surface area contributed by atoms with E-state index in [0.717, 1.165) is 0 Å². The van der Waals surface area contributed by atoms with Crippen LogP contribution >= 0.6 is 11.6 Å². The highest BCUT2D eigenvalue weighted by molar-refractivity contribution is 6.29. The molecule has 0 radical (unpaired) electrons. The van der Waals surface area contributed by atoms with Gasteiger partial charge in [0.25, 0.3) is 0 Å². The van der Waals surface area contributed by atoms with Crippen LogP contribution in [0.3, 0.4) is 0 Å². The zero-order chi connectivity index (χ0) is 5.11. The van der Waals surface area contributed by atoms with Crippen LogP contribution in [0.2, 0.25) is 5.15 Å². The fourth-order valence-electron chi connectivity index (χ4n) is 0.281. The van der Waals surface area contributed by atoms with E-state index in [0.29, 0.717) is 5.15 Å². The molecule has 0 N–H and O–H groups in total. The summed E-state index contributed by atoms with van der Waals surface area (Å²) < 4.78 is 0. The monoisotopic (exact) mass is 130 g/mol. The van der Waals surface area contributed by atoms with Crippen molar-refractivity contribution in [3.05, 3.63) is 23.7 Å². The van der Waals surface area contributed by atoms with E-state index in [9.17, 15) is 0 Å². The van der Waals surface area contributed by atoms with Crippen molar-refractivity contribution in [2.24, 2.45) is 0 Å². The van der Waals surface area contributed by atoms with Crippen molar-refractivity contribution < 1.29 is 0 Å². The summed E-state index contributed by atoms with van der Waals surface area (Å²) in [7, 11) is 0. The van der Waals surface area contributed by atoms with Gasteiger partial charge in [0.15, 0.2) is 0 Å². The Morgan fingerprint density at radius 3 is 2.38 bits per heavy atom. The van der Waals surface area contributed by atoms with Crippen molar-refractivity contribution in [3.8, 4) is 0 Å². The maximum Gasteiger partial charge on any atom is 0.147 e. The molecule has 0 aliphatic rings. The average molecular weight is 131 g/mol. The van der Waals surface area contributed by atoms with E-state index in [-0.39, 0.29) is 7.43 Å². The first-order valence-corrected chi connectivity index (χ1v) is 2.19. The maximum atomic E-state index is 5.37. The third-order valence-corrected chi connectivity index (χ3v) is 0.727. The Hall–Kier alpha value is -0.630. The van der Waals surface area contributed by atoms with Gasteiger partial charge in [-0.15, -0.1) is 0 Å². The van der Waals surface area contributed by atoms with Gasteiger partial charge < -0.3 is 0 Å². The van der Waals surface area contributed by atoms with Crippen molar-refractivity contribution in [1.82, 2.24) is 9.97 Å². The van der Waals surface area contributed by atoms with Gasteiger partial charge in [-0.1, -0.05) is 19.0 Å². The van der Waals surface area contributed by atoms with E-state index in [1.54, 1.807) is 12.4 Å². The highest BCUT2D eigenvalue weighted by atomic mass is 35.5. The molecule has 0 spiro atoms. The quantitative estimate of drug-likeness (QED) is 0.535. The van der Waals surface area contributed by atoms with E-state index in [2.05, 4.69) is 9.97 Å². The van der Waals surface area contributed by atoms with Crippen LogP contribution in [0.15, 0.2) is 18.6 Å². The van der Waals surface area contributed by atoms with Crippen LogP contribution in [-0.4, -0.2) is 9.97 Å². The van der Waals surface area contributed by atoms with Crippen molar-refractivity contribution in [1.29, 1.82) is 0 Å². The number of nitrogens with zero attached hydrogens (tertiary/aromatic N) is 2. The number of rotatable bonds is 0. The lowest BCUT2D eigenvalue weighted by Gasteiger charge is -1.79. The topological polar surface area (TPSA) is 25.8 Å². The van der Waals surface area contributed by atoms with E-state index in [4.69, 9.17) is 11.6 Å². The van der Waals surface area contributed by atoms with Crippen molar-refractivity contribution >= 4 is 11.6 Å². The molecule has 0 fully saturated rings. The Morgan fingerprint density at radius 2 is 2.12 bits per heavy atom. The standard InChI is InChI=1S/C4H3ClN2.CH4/c5-4-3-6-1-2-7-4;/h1-3H;1H4. The molecule has 0 unspecified atom stereocenters. The SMILES string of the molecule is C.Clc1cnccn1. The van der Waals surface area contributed by atoms with E-state index < -0.39 is 0 Å². The first kappa shape index (κ1) is 7.37. The second-order valence-corrected chi connectivity index (χ2v) is 1.42. The summed E-state index contributed by atoms with van der Waals surface area (Å²) in [5.41, 5.74) is 0. The van der Waals surface area contributed by atoms with Gasteiger partial charge in [0, 0.05) is 12.4 Å². The fraction of sp³-hybridized carbons (Fsp3) is 0.200. The van der Waals surface area contributed by atoms with Gasteiger partial charge in [-0.25, -0.2) is 4.98 Å². The molecule has 1 aromatic rings. The molecule has 0 bridgehead atoms. The summed E-state index contributed by atoms with van der Waals surface area (Å²) in [4.78, 5) is 7.37. The van der Waals surface area contributed by atoms with Gasteiger partial charge in [-0.05, 0) is 0 Å². The third-order valence-electron chi connectivity index (χ3n) is 0.532. The lowest BCUT2D eigenvalue weighted by molar-refractivity contribution is 1.20. The number of hydrogen-bond acceptors (Lipinski definition) is 2. The minimum atomic E-state index is 0. The average Bonchev–Trinajstić information content (AvgIpc) is 1.69. The molecule has 1 aromatic heterocycles. The molecule has 0 saturated carbocycles. The molecule has 0 aliphatic carbocycles. The summed E-state index contributed by atoms with van der Waals surface area (Å²) in [5.74, 6) is 0. The van der Waals surface area contributed by atoms with Crippen LogP contribution in [0.1, 0.15) is 7.43 Å². The van der Waals surface area contributed by atoms with Crippen LogP contribution < -0.4 is 0 Å². The van der Waals surface area contributed by atoms with E-state index >= 15 is 0 Å². The molecule has 1 heterocycles.